The van der Waals surface area contributed by atoms with Crippen molar-refractivity contribution in [2.24, 2.45) is 0 Å². The van der Waals surface area contributed by atoms with Crippen LogP contribution in [0.2, 0.25) is 0 Å². The zero-order chi connectivity index (χ0) is 19.7. The van der Waals surface area contributed by atoms with Crippen LogP contribution in [0.1, 0.15) is 32.6 Å². The van der Waals surface area contributed by atoms with E-state index in [-0.39, 0.29) is 12.3 Å². The van der Waals surface area contributed by atoms with Crippen LogP contribution in [0.4, 0.5) is 5.69 Å². The van der Waals surface area contributed by atoms with Gasteiger partial charge in [0.1, 0.15) is 6.04 Å². The molecule has 8 nitrogen and oxygen atoms in total. The van der Waals surface area contributed by atoms with Crippen LogP contribution in [-0.4, -0.2) is 56.7 Å². The molecule has 2 unspecified atom stereocenters. The maximum Gasteiger partial charge on any atom is 0.324 e. The topological polar surface area (TPSA) is 99.0 Å². The molecule has 27 heavy (non-hydrogen) atoms. The molecule has 1 spiro atoms. The van der Waals surface area contributed by atoms with Crippen LogP contribution in [0.25, 0.3) is 0 Å². The Hall–Kier alpha value is -1.97. The van der Waals surface area contributed by atoms with Crippen molar-refractivity contribution in [2.75, 3.05) is 19.8 Å². The minimum atomic E-state index is -3.05. The molecule has 2 heterocycles. The molecule has 2 aliphatic rings. The quantitative estimate of drug-likeness (QED) is 0.327. The molecule has 0 aliphatic carbocycles. The summed E-state index contributed by atoms with van der Waals surface area (Å²) in [5.41, 5.74) is -0.533. The number of nitrogens with zero attached hydrogens (tertiary/aromatic N) is 2. The third kappa shape index (κ3) is 3.59. The Bertz CT molecular complexity index is 815. The zero-order valence-corrected chi connectivity index (χ0v) is 16.1. The Morgan fingerprint density at radius 3 is 2.56 bits per heavy atom. The van der Waals surface area contributed by atoms with Crippen LogP contribution < -0.4 is 0 Å². The number of rotatable bonds is 5. The number of carbonyl (C=O) groups is 1. The fraction of sp³-hybridized carbons (Fsp3) is 0.556. The Morgan fingerprint density at radius 1 is 1.37 bits per heavy atom. The Labute approximate surface area is 158 Å². The van der Waals surface area contributed by atoms with Crippen LogP contribution in [-0.2, 0) is 24.0 Å². The van der Waals surface area contributed by atoms with Crippen molar-refractivity contribution in [2.45, 2.75) is 49.1 Å². The molecule has 3 rings (SSSR count). The van der Waals surface area contributed by atoms with Crippen LogP contribution in [0.3, 0.4) is 0 Å². The minimum Gasteiger partial charge on any atom is -0.465 e. The number of nitro benzene ring substituents is 1. The molecule has 9 heteroatoms. The summed E-state index contributed by atoms with van der Waals surface area (Å²) in [4.78, 5) is 23.3. The van der Waals surface area contributed by atoms with Crippen LogP contribution in [0.5, 0.6) is 0 Å². The first kappa shape index (κ1) is 19.8. The monoisotopic (exact) mass is 396 g/mol. The predicted molar refractivity (Wildman–Crippen MR) is 101 cm³/mol. The summed E-state index contributed by atoms with van der Waals surface area (Å²) >= 11 is 0. The zero-order valence-electron chi connectivity index (χ0n) is 15.3. The van der Waals surface area contributed by atoms with Gasteiger partial charge in [0.25, 0.3) is 5.69 Å². The molecule has 2 aliphatic heterocycles. The van der Waals surface area contributed by atoms with Gasteiger partial charge >= 0.3 is 5.97 Å². The molecule has 0 radical (unpaired) electrons. The average molecular weight is 396 g/mol. The van der Waals surface area contributed by atoms with Gasteiger partial charge in [-0.25, -0.2) is 8.51 Å². The summed E-state index contributed by atoms with van der Waals surface area (Å²) in [6.07, 6.45) is 2.56. The number of esters is 1. The maximum absolute atomic E-state index is 13.9. The fourth-order valence-electron chi connectivity index (χ4n) is 4.05. The van der Waals surface area contributed by atoms with Crippen LogP contribution in [0.15, 0.2) is 29.2 Å². The first-order chi connectivity index (χ1) is 12.8. The van der Waals surface area contributed by atoms with Crippen molar-refractivity contribution < 1.29 is 23.4 Å². The van der Waals surface area contributed by atoms with Gasteiger partial charge in [-0.15, -0.1) is 0 Å². The third-order valence-electron chi connectivity index (χ3n) is 5.35. The van der Waals surface area contributed by atoms with Crippen LogP contribution in [0, 0.1) is 10.1 Å². The second kappa shape index (κ2) is 7.57. The van der Waals surface area contributed by atoms with Crippen molar-refractivity contribution in [3.8, 4) is 0 Å². The first-order valence-corrected chi connectivity index (χ1v) is 10.7. The van der Waals surface area contributed by atoms with E-state index in [1.807, 2.05) is 0 Å². The summed E-state index contributed by atoms with van der Waals surface area (Å²) in [6, 6.07) is 4.89. The van der Waals surface area contributed by atoms with Crippen molar-refractivity contribution >= 4 is 27.2 Å². The molecular weight excluding hydrogens is 372 g/mol. The highest BCUT2D eigenvalue weighted by Gasteiger charge is 2.53. The number of hydrogen-bond acceptors (Lipinski definition) is 6. The lowest BCUT2D eigenvalue weighted by Crippen LogP contribution is -2.55. The average Bonchev–Trinajstić information content (AvgIpc) is 3.02. The van der Waals surface area contributed by atoms with Crippen molar-refractivity contribution in [1.82, 2.24) is 4.31 Å². The van der Waals surface area contributed by atoms with E-state index < -0.39 is 32.2 Å². The fourth-order valence-corrected chi connectivity index (χ4v) is 6.34. The van der Waals surface area contributed by atoms with Gasteiger partial charge in [0.05, 0.1) is 21.2 Å². The molecule has 1 aromatic rings. The van der Waals surface area contributed by atoms with Gasteiger partial charge in [-0.05, 0) is 50.6 Å². The van der Waals surface area contributed by atoms with E-state index in [0.29, 0.717) is 43.8 Å². The first-order valence-electron chi connectivity index (χ1n) is 8.97. The van der Waals surface area contributed by atoms with Gasteiger partial charge < -0.3 is 9.47 Å². The highest BCUT2D eigenvalue weighted by atomic mass is 32.2. The normalized spacial score (nSPS) is 24.4. The molecule has 2 saturated heterocycles. The molecular formula is C18H24N2O6S. The van der Waals surface area contributed by atoms with E-state index in [9.17, 15) is 19.1 Å². The number of hydrogen-bond donors (Lipinski definition) is 0. The molecule has 0 N–H and O–H groups in total. The van der Waals surface area contributed by atoms with Crippen molar-refractivity contribution in [3.05, 3.63) is 34.4 Å². The molecule has 0 saturated carbocycles. The van der Waals surface area contributed by atoms with E-state index in [4.69, 9.17) is 9.47 Å². The number of carbonyl (C=O) groups excluding carboxylic acids is 1. The lowest BCUT2D eigenvalue weighted by Gasteiger charge is -2.44. The summed E-state index contributed by atoms with van der Waals surface area (Å²) in [6.45, 7) is 3.04. The molecule has 0 aromatic heterocycles. The van der Waals surface area contributed by atoms with Gasteiger partial charge in [-0.3, -0.25) is 14.9 Å². The number of ether oxygens (including phenoxy) is 2. The predicted octanol–water partition coefficient (Wildman–Crippen LogP) is 2.16. The molecule has 1 aromatic carbocycles. The molecule has 0 amide bonds. The molecule has 2 fully saturated rings. The largest absolute Gasteiger partial charge is 0.465 e. The smallest absolute Gasteiger partial charge is 0.324 e. The Balaban J connectivity index is 2.02. The lowest BCUT2D eigenvalue weighted by atomic mass is 9.89. The molecule has 0 bridgehead atoms. The molecule has 148 valence electrons. The molecule has 2 atom stereocenters. The van der Waals surface area contributed by atoms with E-state index in [0.717, 1.165) is 0 Å². The minimum absolute atomic E-state index is 0.0851. The summed E-state index contributed by atoms with van der Waals surface area (Å²) in [5.74, 6) is 3.57. The van der Waals surface area contributed by atoms with Gasteiger partial charge in [-0.1, -0.05) is 0 Å². The SMILES string of the molecule is C=S(=O)(c1ccc([N+](=O)[O-])cc1)N1C(C(=O)OCC)CCC12CCOCC2. The van der Waals surface area contributed by atoms with Crippen molar-refractivity contribution in [1.29, 1.82) is 0 Å². The third-order valence-corrected chi connectivity index (χ3v) is 7.64. The number of nitro groups is 1. The summed E-state index contributed by atoms with van der Waals surface area (Å²) in [5, 5.41) is 10.9. The number of benzene rings is 1. The lowest BCUT2D eigenvalue weighted by molar-refractivity contribution is -0.384. The van der Waals surface area contributed by atoms with Crippen LogP contribution >= 0.6 is 0 Å². The van der Waals surface area contributed by atoms with E-state index in [1.54, 1.807) is 11.2 Å². The van der Waals surface area contributed by atoms with Crippen molar-refractivity contribution in [3.63, 3.8) is 0 Å². The van der Waals surface area contributed by atoms with Gasteiger partial charge in [0.15, 0.2) is 0 Å². The highest BCUT2D eigenvalue weighted by molar-refractivity contribution is 7.98. The summed E-state index contributed by atoms with van der Waals surface area (Å²) in [7, 11) is -3.05. The van der Waals surface area contributed by atoms with E-state index in [2.05, 4.69) is 5.87 Å². The second-order valence-electron chi connectivity index (χ2n) is 6.86. The van der Waals surface area contributed by atoms with Gasteiger partial charge in [0.2, 0.25) is 0 Å². The summed E-state index contributed by atoms with van der Waals surface area (Å²) < 4.78 is 26.3. The van der Waals surface area contributed by atoms with E-state index in [1.165, 1.54) is 24.3 Å². The van der Waals surface area contributed by atoms with E-state index >= 15 is 0 Å². The highest BCUT2D eigenvalue weighted by Crippen LogP contribution is 2.45. The maximum atomic E-state index is 13.9. The van der Waals surface area contributed by atoms with Gasteiger partial charge in [-0.2, -0.15) is 0 Å². The standard InChI is InChI=1S/C18H24N2O6S/c1-3-26-17(21)16-8-9-18(10-12-25-13-11-18)19(16)27(2,24)15-6-4-14(5-7-15)20(22)23/h4-7,16H,2-3,8-13H2,1H3. The van der Waals surface area contributed by atoms with Gasteiger partial charge in [0, 0.05) is 35.8 Å². The Kier molecular flexibility index (Phi) is 5.55. The Morgan fingerprint density at radius 2 is 2.00 bits per heavy atom. The number of non-ortho nitro benzene ring substituents is 1. The second-order valence-corrected chi connectivity index (χ2v) is 9.01.